The van der Waals surface area contributed by atoms with Crippen molar-refractivity contribution in [3.63, 3.8) is 0 Å². The van der Waals surface area contributed by atoms with Crippen LogP contribution >= 0.6 is 0 Å². The van der Waals surface area contributed by atoms with Crippen molar-refractivity contribution in [2.75, 3.05) is 39.5 Å². The topological polar surface area (TPSA) is 119 Å². The van der Waals surface area contributed by atoms with Crippen molar-refractivity contribution in [2.24, 2.45) is 0 Å². The molecule has 1 rings (SSSR count). The molecule has 9 heteroatoms. The summed E-state index contributed by atoms with van der Waals surface area (Å²) in [5.74, 6) is -0.785. The van der Waals surface area contributed by atoms with Crippen LogP contribution in [0.1, 0.15) is 23.7 Å². The molecule has 1 amide bonds. The standard InChI is InChI=1S/C16H22N2O7/c1-2-25-15(20)7-8-17(9-11-24-12-10-19)16(21)13-3-5-14(6-4-13)18(22)23/h3-6,19H,2,7-12H2,1H3. The van der Waals surface area contributed by atoms with Gasteiger partial charge in [-0.3, -0.25) is 19.7 Å². The maximum Gasteiger partial charge on any atom is 0.307 e. The number of benzene rings is 1. The average Bonchev–Trinajstić information content (AvgIpc) is 2.61. The van der Waals surface area contributed by atoms with Gasteiger partial charge < -0.3 is 19.5 Å². The van der Waals surface area contributed by atoms with E-state index in [1.807, 2.05) is 0 Å². The predicted molar refractivity (Wildman–Crippen MR) is 88.2 cm³/mol. The summed E-state index contributed by atoms with van der Waals surface area (Å²) < 4.78 is 10.0. The first kappa shape index (κ1) is 20.5. The number of aliphatic hydroxyl groups is 1. The second-order valence-corrected chi connectivity index (χ2v) is 4.99. The number of nitro groups is 1. The molecule has 1 aromatic carbocycles. The lowest BCUT2D eigenvalue weighted by Crippen LogP contribution is -2.36. The Kier molecular flexibility index (Phi) is 9.12. The zero-order valence-corrected chi connectivity index (χ0v) is 14.1. The SMILES string of the molecule is CCOC(=O)CCN(CCOCCO)C(=O)c1ccc([N+](=O)[O-])cc1. The van der Waals surface area contributed by atoms with Crippen LogP contribution in [0.3, 0.4) is 0 Å². The summed E-state index contributed by atoms with van der Waals surface area (Å²) in [6, 6.07) is 5.23. The zero-order chi connectivity index (χ0) is 18.7. The van der Waals surface area contributed by atoms with E-state index in [1.54, 1.807) is 6.92 Å². The van der Waals surface area contributed by atoms with E-state index in [-0.39, 0.29) is 63.1 Å². The van der Waals surface area contributed by atoms with Crippen LogP contribution in [0.5, 0.6) is 0 Å². The van der Waals surface area contributed by atoms with E-state index >= 15 is 0 Å². The molecule has 0 bridgehead atoms. The number of nitrogens with zero attached hydrogens (tertiary/aromatic N) is 2. The minimum Gasteiger partial charge on any atom is -0.466 e. The van der Waals surface area contributed by atoms with E-state index in [1.165, 1.54) is 29.2 Å². The number of hydrogen-bond donors (Lipinski definition) is 1. The molecule has 1 aromatic rings. The van der Waals surface area contributed by atoms with Crippen LogP contribution in [-0.4, -0.2) is 66.3 Å². The second kappa shape index (κ2) is 11.1. The van der Waals surface area contributed by atoms with E-state index in [2.05, 4.69) is 0 Å². The monoisotopic (exact) mass is 354 g/mol. The molecule has 0 aliphatic heterocycles. The lowest BCUT2D eigenvalue weighted by molar-refractivity contribution is -0.384. The summed E-state index contributed by atoms with van der Waals surface area (Å²) in [7, 11) is 0. The van der Waals surface area contributed by atoms with Gasteiger partial charge in [0.1, 0.15) is 0 Å². The normalized spacial score (nSPS) is 10.3. The molecule has 0 atom stereocenters. The number of rotatable bonds is 11. The molecular formula is C16H22N2O7. The summed E-state index contributed by atoms with van der Waals surface area (Å²) in [5, 5.41) is 19.4. The third kappa shape index (κ3) is 7.27. The van der Waals surface area contributed by atoms with Gasteiger partial charge in [0.05, 0.1) is 37.8 Å². The highest BCUT2D eigenvalue weighted by molar-refractivity contribution is 5.94. The number of non-ortho nitro benzene ring substituents is 1. The van der Waals surface area contributed by atoms with Crippen molar-refractivity contribution in [2.45, 2.75) is 13.3 Å². The number of esters is 1. The summed E-state index contributed by atoms with van der Waals surface area (Å²) in [6.45, 7) is 2.53. The van der Waals surface area contributed by atoms with Crippen LogP contribution < -0.4 is 0 Å². The Bertz CT molecular complexity index is 574. The molecule has 0 unspecified atom stereocenters. The Balaban J connectivity index is 2.75. The minimum absolute atomic E-state index is 0.0343. The Morgan fingerprint density at radius 3 is 2.44 bits per heavy atom. The van der Waals surface area contributed by atoms with Crippen molar-refractivity contribution in [3.05, 3.63) is 39.9 Å². The van der Waals surface area contributed by atoms with Crippen LogP contribution in [0.15, 0.2) is 24.3 Å². The number of amides is 1. The van der Waals surface area contributed by atoms with Gasteiger partial charge in [-0.2, -0.15) is 0 Å². The van der Waals surface area contributed by atoms with Crippen LogP contribution in [-0.2, 0) is 14.3 Å². The van der Waals surface area contributed by atoms with E-state index < -0.39 is 10.9 Å². The largest absolute Gasteiger partial charge is 0.466 e. The molecule has 0 saturated heterocycles. The van der Waals surface area contributed by atoms with Gasteiger partial charge in [0.25, 0.3) is 11.6 Å². The molecule has 0 heterocycles. The quantitative estimate of drug-likeness (QED) is 0.272. The van der Waals surface area contributed by atoms with Gasteiger partial charge in [0.2, 0.25) is 0 Å². The highest BCUT2D eigenvalue weighted by Crippen LogP contribution is 2.14. The summed E-state index contributed by atoms with van der Waals surface area (Å²) in [5.41, 5.74) is 0.164. The second-order valence-electron chi connectivity index (χ2n) is 4.99. The maximum absolute atomic E-state index is 12.6. The molecule has 9 nitrogen and oxygen atoms in total. The van der Waals surface area contributed by atoms with Crippen LogP contribution in [0.25, 0.3) is 0 Å². The van der Waals surface area contributed by atoms with Crippen molar-refractivity contribution < 1.29 is 29.1 Å². The first-order chi connectivity index (χ1) is 12.0. The fraction of sp³-hybridized carbons (Fsp3) is 0.500. The Hall–Kier alpha value is -2.52. The summed E-state index contributed by atoms with van der Waals surface area (Å²) in [4.78, 5) is 35.6. The Labute approximate surface area is 145 Å². The summed E-state index contributed by atoms with van der Waals surface area (Å²) in [6.07, 6.45) is 0.0343. The smallest absolute Gasteiger partial charge is 0.307 e. The maximum atomic E-state index is 12.6. The fourth-order valence-electron chi connectivity index (χ4n) is 2.02. The molecule has 0 aliphatic rings. The van der Waals surface area contributed by atoms with Gasteiger partial charge in [-0.15, -0.1) is 0 Å². The van der Waals surface area contributed by atoms with Gasteiger partial charge in [-0.05, 0) is 19.1 Å². The van der Waals surface area contributed by atoms with Crippen molar-refractivity contribution in [1.29, 1.82) is 0 Å². The van der Waals surface area contributed by atoms with Crippen molar-refractivity contribution in [3.8, 4) is 0 Å². The van der Waals surface area contributed by atoms with E-state index in [0.29, 0.717) is 0 Å². The zero-order valence-electron chi connectivity index (χ0n) is 14.1. The lowest BCUT2D eigenvalue weighted by Gasteiger charge is -2.22. The van der Waals surface area contributed by atoms with Gasteiger partial charge in [0.15, 0.2) is 0 Å². The summed E-state index contributed by atoms with van der Waals surface area (Å²) >= 11 is 0. The molecular weight excluding hydrogens is 332 g/mol. The first-order valence-electron chi connectivity index (χ1n) is 7.87. The third-order valence-electron chi connectivity index (χ3n) is 3.24. The van der Waals surface area contributed by atoms with Gasteiger partial charge in [-0.1, -0.05) is 0 Å². The van der Waals surface area contributed by atoms with E-state index in [9.17, 15) is 19.7 Å². The molecule has 0 aliphatic carbocycles. The number of nitro benzene ring substituents is 1. The van der Waals surface area contributed by atoms with Crippen molar-refractivity contribution >= 4 is 17.6 Å². The Morgan fingerprint density at radius 2 is 1.88 bits per heavy atom. The van der Waals surface area contributed by atoms with Crippen molar-refractivity contribution in [1.82, 2.24) is 4.90 Å². The van der Waals surface area contributed by atoms with E-state index in [0.717, 1.165) is 0 Å². The number of carbonyl (C=O) groups excluding carboxylic acids is 2. The molecule has 1 N–H and O–H groups in total. The third-order valence-corrected chi connectivity index (χ3v) is 3.24. The first-order valence-corrected chi connectivity index (χ1v) is 7.87. The minimum atomic E-state index is -0.546. The fourth-order valence-corrected chi connectivity index (χ4v) is 2.02. The molecule has 0 aromatic heterocycles. The number of aliphatic hydroxyl groups excluding tert-OH is 1. The van der Waals surface area contributed by atoms with E-state index in [4.69, 9.17) is 14.6 Å². The van der Waals surface area contributed by atoms with Gasteiger partial charge >= 0.3 is 5.97 Å². The predicted octanol–water partition coefficient (Wildman–Crippen LogP) is 0.999. The molecule has 0 radical (unpaired) electrons. The highest BCUT2D eigenvalue weighted by Gasteiger charge is 2.18. The number of ether oxygens (including phenoxy) is 2. The van der Waals surface area contributed by atoms with Crippen LogP contribution in [0, 0.1) is 10.1 Å². The molecule has 25 heavy (non-hydrogen) atoms. The van der Waals surface area contributed by atoms with Gasteiger partial charge in [0, 0.05) is 30.8 Å². The van der Waals surface area contributed by atoms with Gasteiger partial charge in [-0.25, -0.2) is 0 Å². The average molecular weight is 354 g/mol. The van der Waals surface area contributed by atoms with Crippen LogP contribution in [0.4, 0.5) is 5.69 Å². The van der Waals surface area contributed by atoms with Crippen LogP contribution in [0.2, 0.25) is 0 Å². The molecule has 138 valence electrons. The Morgan fingerprint density at radius 1 is 1.20 bits per heavy atom. The molecule has 0 fully saturated rings. The number of carbonyl (C=O) groups is 2. The highest BCUT2D eigenvalue weighted by atomic mass is 16.6. The molecule has 0 spiro atoms. The molecule has 0 saturated carbocycles. The lowest BCUT2D eigenvalue weighted by atomic mass is 10.1. The number of hydrogen-bond acceptors (Lipinski definition) is 7.